The molecule has 6 N–H and O–H groups in total. The van der Waals surface area contributed by atoms with E-state index in [1.165, 1.54) is 12.0 Å². The average molecular weight is 593 g/mol. The number of rotatable bonds is 7. The summed E-state index contributed by atoms with van der Waals surface area (Å²) in [5.41, 5.74) is -0.427. The SMILES string of the molecule is CC(C)C(C)/C=C/C(C)C1CCC2C3=CC(O)C4(O)CC(OC5OC(CO)C(O)C(O)C5O)CCC4(C)C3CCC21C. The van der Waals surface area contributed by atoms with Crippen LogP contribution < -0.4 is 0 Å². The van der Waals surface area contributed by atoms with Crippen molar-refractivity contribution in [3.8, 4) is 0 Å². The topological polar surface area (TPSA) is 140 Å². The Kier molecular flexibility index (Phi) is 9.17. The minimum Gasteiger partial charge on any atom is -0.394 e. The van der Waals surface area contributed by atoms with Gasteiger partial charge in [0.1, 0.15) is 36.1 Å². The average Bonchev–Trinajstić information content (AvgIpc) is 3.30. The summed E-state index contributed by atoms with van der Waals surface area (Å²) in [4.78, 5) is 0. The Hall–Kier alpha value is -0.840. The van der Waals surface area contributed by atoms with Gasteiger partial charge >= 0.3 is 0 Å². The third kappa shape index (κ3) is 5.16. The number of ether oxygens (including phenoxy) is 2. The van der Waals surface area contributed by atoms with Gasteiger partial charge < -0.3 is 40.1 Å². The van der Waals surface area contributed by atoms with Crippen molar-refractivity contribution in [3.05, 3.63) is 23.8 Å². The van der Waals surface area contributed by atoms with E-state index in [0.717, 1.165) is 19.3 Å². The summed E-state index contributed by atoms with van der Waals surface area (Å²) in [5.74, 6) is 2.85. The summed E-state index contributed by atoms with van der Waals surface area (Å²) in [5, 5.41) is 64.2. The van der Waals surface area contributed by atoms with Crippen molar-refractivity contribution in [2.24, 2.45) is 46.3 Å². The molecule has 3 saturated carbocycles. The van der Waals surface area contributed by atoms with Crippen molar-refractivity contribution in [2.45, 2.75) is 135 Å². The van der Waals surface area contributed by atoms with Gasteiger partial charge in [-0.3, -0.25) is 0 Å². The summed E-state index contributed by atoms with van der Waals surface area (Å²) < 4.78 is 11.6. The van der Waals surface area contributed by atoms with Gasteiger partial charge in [0.05, 0.1) is 12.7 Å². The van der Waals surface area contributed by atoms with E-state index in [9.17, 15) is 30.6 Å². The lowest BCUT2D eigenvalue weighted by Gasteiger charge is -2.62. The minimum atomic E-state index is -1.52. The third-order valence-electron chi connectivity index (χ3n) is 12.9. The van der Waals surface area contributed by atoms with Crippen molar-refractivity contribution in [3.63, 3.8) is 0 Å². The van der Waals surface area contributed by atoms with Gasteiger partial charge in [0, 0.05) is 11.8 Å². The van der Waals surface area contributed by atoms with Gasteiger partial charge in [-0.15, -0.1) is 0 Å². The van der Waals surface area contributed by atoms with Crippen LogP contribution in [0.5, 0.6) is 0 Å². The first-order valence-electron chi connectivity index (χ1n) is 16.4. The van der Waals surface area contributed by atoms with Crippen LogP contribution in [-0.4, -0.2) is 85.8 Å². The number of fused-ring (bicyclic) bond motifs is 5. The zero-order valence-electron chi connectivity index (χ0n) is 26.4. The molecule has 240 valence electrons. The van der Waals surface area contributed by atoms with E-state index in [1.54, 1.807) is 0 Å². The molecular weight excluding hydrogens is 536 g/mol. The van der Waals surface area contributed by atoms with Crippen LogP contribution in [0.1, 0.15) is 86.5 Å². The normalized spacial score (nSPS) is 50.6. The fraction of sp³-hybridized carbons (Fsp3) is 0.882. The van der Waals surface area contributed by atoms with Crippen molar-refractivity contribution >= 4 is 0 Å². The van der Waals surface area contributed by atoms with Gasteiger partial charge in [-0.05, 0) is 79.4 Å². The van der Waals surface area contributed by atoms with Crippen molar-refractivity contribution in [2.75, 3.05) is 6.61 Å². The van der Waals surface area contributed by atoms with Gasteiger partial charge in [-0.1, -0.05) is 65.3 Å². The standard InChI is InChI=1S/C34H56O8/c1-18(2)19(3)7-8-20(4)23-9-10-24-22-15-27(36)34(40)16-21(11-14-33(34,6)25(22)12-13-32(23,24)5)41-31-30(39)29(38)28(37)26(17-35)42-31/h7-8,15,18-21,23-31,35-40H,9-14,16-17H2,1-6H3/b8-7+. The Morgan fingerprint density at radius 1 is 0.929 bits per heavy atom. The molecule has 5 aliphatic rings. The van der Waals surface area contributed by atoms with Gasteiger partial charge in [-0.2, -0.15) is 0 Å². The molecule has 15 unspecified atom stereocenters. The molecule has 15 atom stereocenters. The molecule has 5 rings (SSSR count). The second-order valence-electron chi connectivity index (χ2n) is 15.3. The first-order valence-corrected chi connectivity index (χ1v) is 16.4. The number of hydrogen-bond acceptors (Lipinski definition) is 8. The minimum absolute atomic E-state index is 0.167. The Morgan fingerprint density at radius 2 is 1.64 bits per heavy atom. The molecule has 42 heavy (non-hydrogen) atoms. The van der Waals surface area contributed by atoms with Crippen LogP contribution in [0, 0.1) is 46.3 Å². The highest BCUT2D eigenvalue weighted by Gasteiger charge is 2.65. The van der Waals surface area contributed by atoms with Crippen LogP contribution in [-0.2, 0) is 9.47 Å². The van der Waals surface area contributed by atoms with E-state index < -0.39 is 60.5 Å². The predicted octanol–water partition coefficient (Wildman–Crippen LogP) is 3.32. The lowest BCUT2D eigenvalue weighted by Crippen LogP contribution is -2.66. The van der Waals surface area contributed by atoms with E-state index in [-0.39, 0.29) is 17.8 Å². The molecular formula is C34H56O8. The van der Waals surface area contributed by atoms with Gasteiger partial charge in [0.2, 0.25) is 0 Å². The maximum atomic E-state index is 12.2. The van der Waals surface area contributed by atoms with E-state index in [4.69, 9.17) is 9.47 Å². The second kappa shape index (κ2) is 11.8. The van der Waals surface area contributed by atoms with Gasteiger partial charge in [0.15, 0.2) is 6.29 Å². The van der Waals surface area contributed by atoms with Gasteiger partial charge in [0.25, 0.3) is 0 Å². The van der Waals surface area contributed by atoms with Crippen LogP contribution in [0.2, 0.25) is 0 Å². The largest absolute Gasteiger partial charge is 0.394 e. The monoisotopic (exact) mass is 592 g/mol. The quantitative estimate of drug-likeness (QED) is 0.248. The maximum absolute atomic E-state index is 12.2. The van der Waals surface area contributed by atoms with Crippen LogP contribution in [0.25, 0.3) is 0 Å². The molecule has 1 aliphatic heterocycles. The molecule has 0 aromatic rings. The summed E-state index contributed by atoms with van der Waals surface area (Å²) in [6.45, 7) is 13.3. The predicted molar refractivity (Wildman–Crippen MR) is 159 cm³/mol. The Balaban J connectivity index is 1.33. The maximum Gasteiger partial charge on any atom is 0.186 e. The first-order chi connectivity index (χ1) is 19.7. The molecule has 8 nitrogen and oxygen atoms in total. The smallest absolute Gasteiger partial charge is 0.186 e. The van der Waals surface area contributed by atoms with Crippen molar-refractivity contribution in [1.29, 1.82) is 0 Å². The highest BCUT2D eigenvalue weighted by atomic mass is 16.7. The lowest BCUT2D eigenvalue weighted by atomic mass is 9.45. The third-order valence-corrected chi connectivity index (χ3v) is 12.9. The molecule has 1 saturated heterocycles. The number of aliphatic hydroxyl groups excluding tert-OH is 5. The number of aliphatic hydroxyl groups is 6. The highest BCUT2D eigenvalue weighted by molar-refractivity contribution is 5.33. The Bertz CT molecular complexity index is 1030. The molecule has 0 amide bonds. The first kappa shape index (κ1) is 32.6. The van der Waals surface area contributed by atoms with Crippen LogP contribution in [0.4, 0.5) is 0 Å². The second-order valence-corrected chi connectivity index (χ2v) is 15.3. The lowest BCUT2D eigenvalue weighted by molar-refractivity contribution is -0.322. The molecule has 0 radical (unpaired) electrons. The zero-order valence-corrected chi connectivity index (χ0v) is 26.4. The Morgan fingerprint density at radius 3 is 2.31 bits per heavy atom. The molecule has 1 heterocycles. The summed E-state index contributed by atoms with van der Waals surface area (Å²) in [7, 11) is 0. The molecule has 4 fully saturated rings. The van der Waals surface area contributed by atoms with E-state index >= 15 is 0 Å². The van der Waals surface area contributed by atoms with E-state index in [0.29, 0.717) is 42.4 Å². The Labute approximate surface area is 251 Å². The molecule has 0 spiro atoms. The molecule has 0 aromatic heterocycles. The van der Waals surface area contributed by atoms with E-state index in [1.807, 2.05) is 6.08 Å². The summed E-state index contributed by atoms with van der Waals surface area (Å²) in [6, 6.07) is 0. The highest BCUT2D eigenvalue weighted by Crippen LogP contribution is 2.67. The summed E-state index contributed by atoms with van der Waals surface area (Å²) in [6.07, 6.45) is 4.25. The number of allylic oxidation sites excluding steroid dienone is 3. The molecule has 4 aliphatic carbocycles. The molecule has 0 bridgehead atoms. The molecule has 0 aromatic carbocycles. The van der Waals surface area contributed by atoms with E-state index in [2.05, 4.69) is 53.7 Å². The fourth-order valence-electron chi connectivity index (χ4n) is 9.62. The van der Waals surface area contributed by atoms with Crippen LogP contribution in [0.3, 0.4) is 0 Å². The van der Waals surface area contributed by atoms with Gasteiger partial charge in [-0.25, -0.2) is 0 Å². The van der Waals surface area contributed by atoms with Crippen molar-refractivity contribution in [1.82, 2.24) is 0 Å². The summed E-state index contributed by atoms with van der Waals surface area (Å²) >= 11 is 0. The fourth-order valence-corrected chi connectivity index (χ4v) is 9.62. The molecule has 8 heteroatoms. The number of hydrogen-bond donors (Lipinski definition) is 6. The zero-order chi connectivity index (χ0) is 30.8. The van der Waals surface area contributed by atoms with Crippen LogP contribution >= 0.6 is 0 Å². The van der Waals surface area contributed by atoms with Crippen molar-refractivity contribution < 1.29 is 40.1 Å². The van der Waals surface area contributed by atoms with Crippen LogP contribution in [0.15, 0.2) is 23.8 Å².